The summed E-state index contributed by atoms with van der Waals surface area (Å²) in [6, 6.07) is 2.33. The summed E-state index contributed by atoms with van der Waals surface area (Å²) in [4.78, 5) is 1.24. The van der Waals surface area contributed by atoms with E-state index >= 15 is 0 Å². The predicted octanol–water partition coefficient (Wildman–Crippen LogP) is 2.99. The average molecular weight is 340 g/mol. The lowest BCUT2D eigenvalue weighted by atomic mass is 10.1. The molecule has 3 nitrogen and oxygen atoms in total. The van der Waals surface area contributed by atoms with E-state index in [1.807, 2.05) is 12.4 Å². The van der Waals surface area contributed by atoms with Crippen molar-refractivity contribution in [2.24, 2.45) is 0 Å². The van der Waals surface area contributed by atoms with Crippen molar-refractivity contribution in [3.63, 3.8) is 0 Å². The Morgan fingerprint density at radius 2 is 2.24 bits per heavy atom. The van der Waals surface area contributed by atoms with Crippen LogP contribution in [-0.4, -0.2) is 27.0 Å². The van der Waals surface area contributed by atoms with E-state index in [-0.39, 0.29) is 17.5 Å². The molecule has 0 saturated heterocycles. The highest BCUT2D eigenvalue weighted by Crippen LogP contribution is 2.28. The van der Waals surface area contributed by atoms with E-state index in [1.54, 1.807) is 18.3 Å². The number of hydrogen-bond donors (Lipinski definition) is 1. The highest BCUT2D eigenvalue weighted by atomic mass is 79.9. The third-order valence-corrected chi connectivity index (χ3v) is 6.27. The van der Waals surface area contributed by atoms with Crippen LogP contribution < -0.4 is 5.32 Å². The van der Waals surface area contributed by atoms with Crippen LogP contribution in [0.4, 0.5) is 0 Å². The minimum Gasteiger partial charge on any atom is -0.312 e. The van der Waals surface area contributed by atoms with Gasteiger partial charge in [-0.1, -0.05) is 6.92 Å². The molecule has 0 aliphatic carbocycles. The molecule has 0 amide bonds. The molecule has 0 fully saturated rings. The van der Waals surface area contributed by atoms with E-state index in [1.165, 1.54) is 4.88 Å². The van der Waals surface area contributed by atoms with E-state index in [4.69, 9.17) is 0 Å². The van der Waals surface area contributed by atoms with Crippen LogP contribution in [0.15, 0.2) is 15.9 Å². The summed E-state index contributed by atoms with van der Waals surface area (Å²) in [6.45, 7) is 1.70. The molecule has 1 atom stereocenters. The SMILES string of the molecule is CCS(=O)(=O)CCCC(NC)c1cc(Br)cs1. The van der Waals surface area contributed by atoms with Gasteiger partial charge < -0.3 is 5.32 Å². The van der Waals surface area contributed by atoms with E-state index in [2.05, 4.69) is 27.3 Å². The van der Waals surface area contributed by atoms with Crippen LogP contribution in [0.5, 0.6) is 0 Å². The number of halogens is 1. The highest BCUT2D eigenvalue weighted by molar-refractivity contribution is 9.10. The van der Waals surface area contributed by atoms with Crippen LogP contribution in [-0.2, 0) is 9.84 Å². The molecule has 1 N–H and O–H groups in total. The third-order valence-electron chi connectivity index (χ3n) is 2.67. The van der Waals surface area contributed by atoms with Gasteiger partial charge in [0.15, 0.2) is 0 Å². The second-order valence-corrected chi connectivity index (χ2v) is 8.22. The first-order chi connectivity index (χ1) is 7.98. The summed E-state index contributed by atoms with van der Waals surface area (Å²) in [5, 5.41) is 5.27. The van der Waals surface area contributed by atoms with E-state index in [0.29, 0.717) is 6.42 Å². The van der Waals surface area contributed by atoms with Crippen LogP contribution in [0.3, 0.4) is 0 Å². The lowest BCUT2D eigenvalue weighted by Gasteiger charge is -2.14. The summed E-state index contributed by atoms with van der Waals surface area (Å²) < 4.78 is 23.9. The van der Waals surface area contributed by atoms with Crippen LogP contribution in [0.1, 0.15) is 30.7 Å². The van der Waals surface area contributed by atoms with Crippen molar-refractivity contribution in [2.45, 2.75) is 25.8 Å². The molecule has 0 spiro atoms. The fourth-order valence-corrected chi connectivity index (χ4v) is 4.08. The standard InChI is InChI=1S/C11H18BrNO2S2/c1-3-17(14,15)6-4-5-10(13-2)11-7-9(12)8-16-11/h7-8,10,13H,3-6H2,1-2H3. The quantitative estimate of drug-likeness (QED) is 0.830. The minimum absolute atomic E-state index is 0.238. The fraction of sp³-hybridized carbons (Fsp3) is 0.636. The Kier molecular flexibility index (Phi) is 6.12. The van der Waals surface area contributed by atoms with Crippen molar-refractivity contribution in [3.05, 3.63) is 20.8 Å². The normalized spacial score (nSPS) is 13.8. The molecule has 1 unspecified atom stereocenters. The van der Waals surface area contributed by atoms with Gasteiger partial charge in [0.05, 0.1) is 5.75 Å². The van der Waals surface area contributed by atoms with Gasteiger partial charge >= 0.3 is 0 Å². The molecular formula is C11H18BrNO2S2. The number of hydrogen-bond acceptors (Lipinski definition) is 4. The maximum atomic E-state index is 11.4. The van der Waals surface area contributed by atoms with Gasteiger partial charge in [0.1, 0.15) is 9.84 Å². The summed E-state index contributed by atoms with van der Waals surface area (Å²) in [5.74, 6) is 0.524. The summed E-state index contributed by atoms with van der Waals surface area (Å²) in [5.41, 5.74) is 0. The van der Waals surface area contributed by atoms with Crippen molar-refractivity contribution in [2.75, 3.05) is 18.6 Å². The van der Waals surface area contributed by atoms with Gasteiger partial charge in [0, 0.05) is 26.5 Å². The van der Waals surface area contributed by atoms with Crippen LogP contribution >= 0.6 is 27.3 Å². The zero-order chi connectivity index (χ0) is 12.9. The molecule has 0 aromatic carbocycles. The molecule has 98 valence electrons. The Morgan fingerprint density at radius 1 is 1.53 bits per heavy atom. The topological polar surface area (TPSA) is 46.2 Å². The maximum absolute atomic E-state index is 11.4. The Balaban J connectivity index is 2.49. The molecule has 17 heavy (non-hydrogen) atoms. The summed E-state index contributed by atoms with van der Waals surface area (Å²) >= 11 is 5.11. The van der Waals surface area contributed by atoms with Gasteiger partial charge in [0.25, 0.3) is 0 Å². The maximum Gasteiger partial charge on any atom is 0.150 e. The first-order valence-corrected chi connectivity index (χ1v) is 9.09. The lowest BCUT2D eigenvalue weighted by Crippen LogP contribution is -2.17. The van der Waals surface area contributed by atoms with Gasteiger partial charge in [-0.15, -0.1) is 11.3 Å². The van der Waals surface area contributed by atoms with E-state index < -0.39 is 9.84 Å². The Bertz CT molecular complexity index is 442. The van der Waals surface area contributed by atoms with Crippen LogP contribution in [0.25, 0.3) is 0 Å². The first-order valence-electron chi connectivity index (χ1n) is 5.60. The third kappa shape index (κ3) is 5.07. The lowest BCUT2D eigenvalue weighted by molar-refractivity contribution is 0.542. The van der Waals surface area contributed by atoms with Gasteiger partial charge in [0.2, 0.25) is 0 Å². The average Bonchev–Trinajstić information content (AvgIpc) is 2.71. The number of sulfone groups is 1. The predicted molar refractivity (Wildman–Crippen MR) is 77.4 cm³/mol. The second-order valence-electron chi connectivity index (χ2n) is 3.89. The molecule has 6 heteroatoms. The van der Waals surface area contributed by atoms with Gasteiger partial charge in [-0.05, 0) is 41.9 Å². The minimum atomic E-state index is -2.83. The van der Waals surface area contributed by atoms with Crippen molar-refractivity contribution in [3.8, 4) is 0 Å². The molecule has 1 aromatic heterocycles. The highest BCUT2D eigenvalue weighted by Gasteiger charge is 2.13. The van der Waals surface area contributed by atoms with E-state index in [0.717, 1.165) is 10.9 Å². The zero-order valence-electron chi connectivity index (χ0n) is 10.1. The van der Waals surface area contributed by atoms with Crippen molar-refractivity contribution >= 4 is 37.1 Å². The molecule has 0 aliphatic rings. The van der Waals surface area contributed by atoms with Crippen LogP contribution in [0.2, 0.25) is 0 Å². The van der Waals surface area contributed by atoms with Crippen molar-refractivity contribution in [1.82, 2.24) is 5.32 Å². The molecule has 1 aromatic rings. The van der Waals surface area contributed by atoms with Gasteiger partial charge in [-0.2, -0.15) is 0 Å². The molecule has 1 rings (SSSR count). The van der Waals surface area contributed by atoms with Gasteiger partial charge in [-0.3, -0.25) is 0 Å². The Labute approximate surface area is 116 Å². The van der Waals surface area contributed by atoms with Crippen LogP contribution in [0, 0.1) is 0 Å². The Hall–Kier alpha value is 0.0900. The Morgan fingerprint density at radius 3 is 2.71 bits per heavy atom. The number of rotatable bonds is 7. The molecule has 0 radical (unpaired) electrons. The van der Waals surface area contributed by atoms with Crippen molar-refractivity contribution < 1.29 is 8.42 Å². The molecule has 1 heterocycles. The summed E-state index contributed by atoms with van der Waals surface area (Å²) in [6.07, 6.45) is 1.56. The fourth-order valence-electron chi connectivity index (χ4n) is 1.59. The number of nitrogens with one attached hydrogen (secondary N) is 1. The summed E-state index contributed by atoms with van der Waals surface area (Å²) in [7, 11) is -0.925. The van der Waals surface area contributed by atoms with Crippen molar-refractivity contribution in [1.29, 1.82) is 0 Å². The number of thiophene rings is 1. The molecular weight excluding hydrogens is 322 g/mol. The molecule has 0 aliphatic heterocycles. The smallest absolute Gasteiger partial charge is 0.150 e. The van der Waals surface area contributed by atoms with Gasteiger partial charge in [-0.25, -0.2) is 8.42 Å². The first kappa shape index (κ1) is 15.1. The van der Waals surface area contributed by atoms with E-state index in [9.17, 15) is 8.42 Å². The monoisotopic (exact) mass is 339 g/mol. The largest absolute Gasteiger partial charge is 0.312 e. The second kappa shape index (κ2) is 6.87. The molecule has 0 saturated carbocycles. The zero-order valence-corrected chi connectivity index (χ0v) is 13.3. The molecule has 0 bridgehead atoms.